The van der Waals surface area contributed by atoms with Crippen molar-refractivity contribution in [2.45, 2.75) is 31.8 Å². The summed E-state index contributed by atoms with van der Waals surface area (Å²) in [5.41, 5.74) is 1.17. The second kappa shape index (κ2) is 8.79. The summed E-state index contributed by atoms with van der Waals surface area (Å²) in [6, 6.07) is 6.13. The van der Waals surface area contributed by atoms with E-state index >= 15 is 0 Å². The zero-order valence-corrected chi connectivity index (χ0v) is 18.0. The Morgan fingerprint density at radius 2 is 1.93 bits per heavy atom. The molecule has 0 bridgehead atoms. The number of rotatable bonds is 6. The van der Waals surface area contributed by atoms with Gasteiger partial charge in [0.2, 0.25) is 0 Å². The molecule has 1 unspecified atom stereocenters. The monoisotopic (exact) mass is 432 g/mol. The average Bonchev–Trinajstić information content (AvgIpc) is 3.00. The number of carbonyl (C=O) groups is 2. The van der Waals surface area contributed by atoms with Gasteiger partial charge in [-0.2, -0.15) is 0 Å². The third kappa shape index (κ3) is 4.68. The Hall–Kier alpha value is -2.65. The number of carbonyl (C=O) groups excluding carboxylic acids is 2. The van der Waals surface area contributed by atoms with Crippen molar-refractivity contribution in [2.75, 3.05) is 7.11 Å². The lowest BCUT2D eigenvalue weighted by molar-refractivity contribution is -0.133. The lowest BCUT2D eigenvalue weighted by atomic mass is 10.2. The number of ether oxygens (including phenoxy) is 2. The maximum atomic E-state index is 12.3. The van der Waals surface area contributed by atoms with Gasteiger partial charge in [-0.15, -0.1) is 23.1 Å². The van der Waals surface area contributed by atoms with Gasteiger partial charge in [0.15, 0.2) is 0 Å². The number of nitrogens with zero attached hydrogens (tertiary/aromatic N) is 1. The van der Waals surface area contributed by atoms with Gasteiger partial charge < -0.3 is 14.5 Å². The summed E-state index contributed by atoms with van der Waals surface area (Å²) >= 11 is 2.81. The molecule has 29 heavy (non-hydrogen) atoms. The van der Waals surface area contributed by atoms with E-state index in [2.05, 4.69) is 14.7 Å². The molecule has 0 aliphatic carbocycles. The van der Waals surface area contributed by atoms with Gasteiger partial charge in [-0.1, -0.05) is 0 Å². The Labute approximate surface area is 175 Å². The molecule has 0 aliphatic heterocycles. The Balaban J connectivity index is 1.62. The van der Waals surface area contributed by atoms with Crippen molar-refractivity contribution in [3.63, 3.8) is 0 Å². The van der Waals surface area contributed by atoms with Crippen molar-refractivity contribution in [3.8, 4) is 5.75 Å². The second-order valence-corrected chi connectivity index (χ2v) is 8.90. The number of aromatic nitrogens is 2. The molecular weight excluding hydrogens is 412 g/mol. The number of methoxy groups -OCH3 is 1. The van der Waals surface area contributed by atoms with Gasteiger partial charge in [-0.3, -0.25) is 9.59 Å². The summed E-state index contributed by atoms with van der Waals surface area (Å²) in [6.45, 7) is 5.60. The number of benzene rings is 1. The topological polar surface area (TPSA) is 98.3 Å². The zero-order valence-electron chi connectivity index (χ0n) is 16.4. The predicted molar refractivity (Wildman–Crippen MR) is 114 cm³/mol. The fourth-order valence-corrected chi connectivity index (χ4v) is 4.39. The van der Waals surface area contributed by atoms with Gasteiger partial charge in [0.1, 0.15) is 21.7 Å². The van der Waals surface area contributed by atoms with Crippen molar-refractivity contribution in [2.24, 2.45) is 0 Å². The third-order valence-electron chi connectivity index (χ3n) is 4.38. The molecule has 2 heterocycles. The van der Waals surface area contributed by atoms with E-state index in [1.54, 1.807) is 6.92 Å². The van der Waals surface area contributed by atoms with Crippen LogP contribution in [0.5, 0.6) is 5.75 Å². The predicted octanol–water partition coefficient (Wildman–Crippen LogP) is 3.62. The molecule has 1 atom stereocenters. The average molecular weight is 433 g/mol. The van der Waals surface area contributed by atoms with E-state index in [4.69, 9.17) is 4.74 Å². The van der Waals surface area contributed by atoms with E-state index in [1.807, 2.05) is 13.8 Å². The summed E-state index contributed by atoms with van der Waals surface area (Å²) in [4.78, 5) is 45.2. The highest BCUT2D eigenvalue weighted by Gasteiger charge is 2.18. The first kappa shape index (κ1) is 21.1. The lowest BCUT2D eigenvalue weighted by Crippen LogP contribution is -2.20. The van der Waals surface area contributed by atoms with Gasteiger partial charge in [-0.25, -0.2) is 9.78 Å². The SMILES string of the molecule is COC(=O)c1ccc(OC(=O)C(C)SCc2nc3sc(C)c(C)c3c(=O)[nH]2)cc1. The number of thiophene rings is 1. The zero-order chi connectivity index (χ0) is 21.1. The van der Waals surface area contributed by atoms with Crippen LogP contribution < -0.4 is 10.3 Å². The number of hydrogen-bond donors (Lipinski definition) is 1. The minimum atomic E-state index is -0.469. The van der Waals surface area contributed by atoms with E-state index in [-0.39, 0.29) is 5.56 Å². The van der Waals surface area contributed by atoms with E-state index in [0.717, 1.165) is 10.4 Å². The van der Waals surface area contributed by atoms with Crippen molar-refractivity contribution in [1.29, 1.82) is 0 Å². The Morgan fingerprint density at radius 3 is 2.59 bits per heavy atom. The number of hydrogen-bond acceptors (Lipinski definition) is 8. The number of H-pyrrole nitrogens is 1. The van der Waals surface area contributed by atoms with E-state index in [9.17, 15) is 14.4 Å². The van der Waals surface area contributed by atoms with Crippen LogP contribution in [0.3, 0.4) is 0 Å². The maximum Gasteiger partial charge on any atom is 0.337 e. The molecule has 1 aromatic carbocycles. The molecule has 1 N–H and O–H groups in total. The summed E-state index contributed by atoms with van der Waals surface area (Å²) in [5, 5.41) is 0.159. The van der Waals surface area contributed by atoms with Crippen LogP contribution in [0.1, 0.15) is 33.5 Å². The normalized spacial score (nSPS) is 12.0. The van der Waals surface area contributed by atoms with Gasteiger partial charge in [-0.05, 0) is 50.6 Å². The molecule has 2 aromatic heterocycles. The molecule has 3 rings (SSSR count). The van der Waals surface area contributed by atoms with E-state index in [1.165, 1.54) is 54.5 Å². The molecule has 0 radical (unpaired) electrons. The van der Waals surface area contributed by atoms with E-state index < -0.39 is 17.2 Å². The van der Waals surface area contributed by atoms with Gasteiger partial charge in [0, 0.05) is 4.88 Å². The molecule has 0 aliphatic rings. The maximum absolute atomic E-state index is 12.3. The highest BCUT2D eigenvalue weighted by Crippen LogP contribution is 2.26. The second-order valence-electron chi connectivity index (χ2n) is 6.37. The van der Waals surface area contributed by atoms with Crippen LogP contribution >= 0.6 is 23.1 Å². The van der Waals surface area contributed by atoms with Crippen LogP contribution in [0, 0.1) is 13.8 Å². The van der Waals surface area contributed by atoms with Crippen molar-refractivity contribution in [1.82, 2.24) is 9.97 Å². The Kier molecular flexibility index (Phi) is 6.39. The van der Waals surface area contributed by atoms with Crippen molar-refractivity contribution in [3.05, 3.63) is 56.4 Å². The van der Waals surface area contributed by atoms with Crippen LogP contribution in [0.2, 0.25) is 0 Å². The van der Waals surface area contributed by atoms with Gasteiger partial charge in [0.25, 0.3) is 5.56 Å². The standard InChI is InChI=1S/C20H20N2O5S2/c1-10-11(2)29-18-16(10)17(23)21-15(22-18)9-28-12(3)19(24)27-14-7-5-13(6-8-14)20(25)26-4/h5-8,12H,9H2,1-4H3,(H,21,22,23). The molecule has 0 amide bonds. The molecule has 9 heteroatoms. The lowest BCUT2D eigenvalue weighted by Gasteiger charge is -2.11. The number of nitrogens with one attached hydrogen (secondary N) is 1. The minimum absolute atomic E-state index is 0.159. The van der Waals surface area contributed by atoms with Crippen LogP contribution in [0.4, 0.5) is 0 Å². The molecule has 3 aromatic rings. The third-order valence-corrected chi connectivity index (χ3v) is 6.62. The summed E-state index contributed by atoms with van der Waals surface area (Å²) in [6.07, 6.45) is 0. The van der Waals surface area contributed by atoms with Crippen molar-refractivity contribution < 1.29 is 19.1 Å². The van der Waals surface area contributed by atoms with Crippen LogP contribution in [0.25, 0.3) is 10.2 Å². The Bertz CT molecular complexity index is 1120. The van der Waals surface area contributed by atoms with Crippen molar-refractivity contribution >= 4 is 45.3 Å². The number of esters is 2. The van der Waals surface area contributed by atoms with Crippen LogP contribution in [-0.4, -0.2) is 34.3 Å². The Morgan fingerprint density at radius 1 is 1.24 bits per heavy atom. The van der Waals surface area contributed by atoms with Crippen LogP contribution in [-0.2, 0) is 15.3 Å². The highest BCUT2D eigenvalue weighted by molar-refractivity contribution is 7.99. The summed E-state index contributed by atoms with van der Waals surface area (Å²) < 4.78 is 9.98. The number of thioether (sulfide) groups is 1. The number of fused-ring (bicyclic) bond motifs is 1. The molecule has 0 saturated heterocycles. The fourth-order valence-electron chi connectivity index (χ4n) is 2.62. The molecular formula is C20H20N2O5S2. The summed E-state index contributed by atoms with van der Waals surface area (Å²) in [5.74, 6) is 0.357. The number of aryl methyl sites for hydroxylation is 2. The first-order chi connectivity index (χ1) is 13.8. The molecule has 0 spiro atoms. The van der Waals surface area contributed by atoms with E-state index in [0.29, 0.717) is 33.1 Å². The summed E-state index contributed by atoms with van der Waals surface area (Å²) in [7, 11) is 1.30. The molecule has 0 fully saturated rings. The highest BCUT2D eigenvalue weighted by atomic mass is 32.2. The first-order valence-electron chi connectivity index (χ1n) is 8.80. The smallest absolute Gasteiger partial charge is 0.337 e. The molecule has 7 nitrogen and oxygen atoms in total. The van der Waals surface area contributed by atoms with Gasteiger partial charge >= 0.3 is 11.9 Å². The van der Waals surface area contributed by atoms with Gasteiger partial charge in [0.05, 0.1) is 23.8 Å². The number of aromatic amines is 1. The fraction of sp³-hybridized carbons (Fsp3) is 0.300. The minimum Gasteiger partial charge on any atom is -0.465 e. The first-order valence-corrected chi connectivity index (χ1v) is 10.7. The molecule has 152 valence electrons. The quantitative estimate of drug-likeness (QED) is 0.469. The van der Waals surface area contributed by atoms with Crippen LogP contribution in [0.15, 0.2) is 29.1 Å². The molecule has 0 saturated carbocycles. The largest absolute Gasteiger partial charge is 0.465 e.